The fraction of sp³-hybridized carbons (Fsp3) is 0.333. The maximum atomic E-state index is 10.2. The molecule has 0 saturated carbocycles. The van der Waals surface area contributed by atoms with E-state index in [1.165, 1.54) is 21.6 Å². The summed E-state index contributed by atoms with van der Waals surface area (Å²) < 4.78 is 0. The van der Waals surface area contributed by atoms with Crippen LogP contribution in [0.3, 0.4) is 0 Å². The van der Waals surface area contributed by atoms with Crippen LogP contribution in [0.15, 0.2) is 29.4 Å². The lowest BCUT2D eigenvalue weighted by atomic mass is 10.3. The van der Waals surface area contributed by atoms with E-state index in [-0.39, 0.29) is 19.3 Å². The first-order valence-corrected chi connectivity index (χ1v) is 8.09. The average Bonchev–Trinajstić information content (AvgIpc) is 2.43. The number of carboxylic acid groups (broad SMARTS) is 3. The molecular formula is C12H15NO6S2. The first-order valence-electron chi connectivity index (χ1n) is 5.77. The standard InChI is InChI=1S/C8H9NO2S2.C4H6O4/c10-8(11)4-6-12-13-7-3-1-2-5-9-7;5-3(6)1-2-4(7)8/h1-3,5H,4,6H2,(H,10,11);1-2H2,(H,5,6)(H,7,8). The minimum Gasteiger partial charge on any atom is -0.481 e. The molecule has 1 aromatic rings. The van der Waals surface area contributed by atoms with Gasteiger partial charge in [0.15, 0.2) is 0 Å². The zero-order chi connectivity index (χ0) is 16.1. The summed E-state index contributed by atoms with van der Waals surface area (Å²) in [5, 5.41) is 25.1. The minimum absolute atomic E-state index is 0.199. The maximum absolute atomic E-state index is 10.2. The predicted molar refractivity (Wildman–Crippen MR) is 79.3 cm³/mol. The molecule has 1 heterocycles. The van der Waals surface area contributed by atoms with Crippen molar-refractivity contribution in [1.82, 2.24) is 4.98 Å². The highest BCUT2D eigenvalue weighted by atomic mass is 33.1. The molecule has 1 rings (SSSR count). The Balaban J connectivity index is 0.000000433. The van der Waals surface area contributed by atoms with Crippen molar-refractivity contribution in [3.8, 4) is 0 Å². The molecule has 0 saturated heterocycles. The molecular weight excluding hydrogens is 318 g/mol. The lowest BCUT2D eigenvalue weighted by Gasteiger charge is -1.97. The Kier molecular flexibility index (Phi) is 11.0. The van der Waals surface area contributed by atoms with Crippen molar-refractivity contribution in [3.05, 3.63) is 24.4 Å². The second-order valence-electron chi connectivity index (χ2n) is 3.50. The van der Waals surface area contributed by atoms with Crippen LogP contribution in [0, 0.1) is 0 Å². The highest BCUT2D eigenvalue weighted by molar-refractivity contribution is 8.76. The van der Waals surface area contributed by atoms with Crippen molar-refractivity contribution in [2.24, 2.45) is 0 Å². The summed E-state index contributed by atoms with van der Waals surface area (Å²) in [5.74, 6) is -2.30. The molecule has 1 aromatic heterocycles. The van der Waals surface area contributed by atoms with Crippen LogP contribution < -0.4 is 0 Å². The van der Waals surface area contributed by atoms with Crippen molar-refractivity contribution in [2.45, 2.75) is 24.3 Å². The number of hydrogen-bond donors (Lipinski definition) is 3. The van der Waals surface area contributed by atoms with Gasteiger partial charge in [0.1, 0.15) is 5.03 Å². The molecule has 0 fully saturated rings. The molecule has 0 amide bonds. The monoisotopic (exact) mass is 333 g/mol. The Hall–Kier alpha value is -1.74. The summed E-state index contributed by atoms with van der Waals surface area (Å²) in [7, 11) is 3.01. The molecule has 0 unspecified atom stereocenters. The number of pyridine rings is 1. The van der Waals surface area contributed by atoms with Crippen molar-refractivity contribution >= 4 is 39.5 Å². The van der Waals surface area contributed by atoms with Crippen LogP contribution in [0.5, 0.6) is 0 Å². The summed E-state index contributed by atoms with van der Waals surface area (Å²) >= 11 is 0. The lowest BCUT2D eigenvalue weighted by molar-refractivity contribution is -0.143. The molecule has 0 atom stereocenters. The second-order valence-corrected chi connectivity index (χ2v) is 5.94. The molecule has 7 nitrogen and oxygen atoms in total. The van der Waals surface area contributed by atoms with Gasteiger partial charge >= 0.3 is 17.9 Å². The van der Waals surface area contributed by atoms with Gasteiger partial charge in [-0.25, -0.2) is 4.98 Å². The van der Waals surface area contributed by atoms with E-state index in [1.54, 1.807) is 6.20 Å². The smallest absolute Gasteiger partial charge is 0.304 e. The second kappa shape index (κ2) is 12.0. The largest absolute Gasteiger partial charge is 0.481 e. The van der Waals surface area contributed by atoms with Gasteiger partial charge in [-0.1, -0.05) is 16.9 Å². The molecule has 9 heteroatoms. The molecule has 0 spiro atoms. The van der Waals surface area contributed by atoms with Crippen molar-refractivity contribution in [3.63, 3.8) is 0 Å². The number of nitrogens with zero attached hydrogens (tertiary/aromatic N) is 1. The van der Waals surface area contributed by atoms with Gasteiger partial charge in [-0.15, -0.1) is 0 Å². The Labute approximate surface area is 129 Å². The molecule has 0 aliphatic heterocycles. The quantitative estimate of drug-likeness (QED) is 0.485. The van der Waals surface area contributed by atoms with Gasteiger partial charge in [0.2, 0.25) is 0 Å². The first-order chi connectivity index (χ1) is 9.91. The van der Waals surface area contributed by atoms with Crippen molar-refractivity contribution in [2.75, 3.05) is 5.75 Å². The van der Waals surface area contributed by atoms with E-state index in [9.17, 15) is 14.4 Å². The number of aliphatic carboxylic acids is 3. The van der Waals surface area contributed by atoms with Crippen LogP contribution in [-0.4, -0.2) is 44.0 Å². The van der Waals surface area contributed by atoms with Crippen LogP contribution in [-0.2, 0) is 14.4 Å². The molecule has 3 N–H and O–H groups in total. The Morgan fingerprint density at radius 3 is 1.95 bits per heavy atom. The normalized spacial score (nSPS) is 9.33. The van der Waals surface area contributed by atoms with Crippen molar-refractivity contribution in [1.29, 1.82) is 0 Å². The highest BCUT2D eigenvalue weighted by Crippen LogP contribution is 2.29. The maximum Gasteiger partial charge on any atom is 0.304 e. The van der Waals surface area contributed by atoms with E-state index in [4.69, 9.17) is 15.3 Å². The fourth-order valence-corrected chi connectivity index (χ4v) is 2.70. The van der Waals surface area contributed by atoms with Crippen LogP contribution in [0.25, 0.3) is 0 Å². The zero-order valence-electron chi connectivity index (χ0n) is 11.0. The number of rotatable bonds is 8. The molecule has 116 valence electrons. The summed E-state index contributed by atoms with van der Waals surface area (Å²) in [4.78, 5) is 33.5. The van der Waals surface area contributed by atoms with E-state index < -0.39 is 17.9 Å². The average molecular weight is 333 g/mol. The third kappa shape index (κ3) is 14.5. The van der Waals surface area contributed by atoms with E-state index in [0.29, 0.717) is 5.75 Å². The molecule has 0 bridgehead atoms. The Morgan fingerprint density at radius 2 is 1.52 bits per heavy atom. The lowest BCUT2D eigenvalue weighted by Crippen LogP contribution is -2.00. The number of carbonyl (C=O) groups is 3. The van der Waals surface area contributed by atoms with Crippen LogP contribution in [0.2, 0.25) is 0 Å². The Morgan fingerprint density at radius 1 is 0.952 bits per heavy atom. The van der Waals surface area contributed by atoms with E-state index in [1.807, 2.05) is 18.2 Å². The molecule has 21 heavy (non-hydrogen) atoms. The van der Waals surface area contributed by atoms with E-state index in [2.05, 4.69) is 4.98 Å². The molecule has 0 aromatic carbocycles. The van der Waals surface area contributed by atoms with E-state index >= 15 is 0 Å². The number of hydrogen-bond acceptors (Lipinski definition) is 6. The fourth-order valence-electron chi connectivity index (χ4n) is 0.841. The number of aromatic nitrogens is 1. The predicted octanol–water partition coefficient (Wildman–Crippen LogP) is 2.23. The minimum atomic E-state index is -1.08. The summed E-state index contributed by atoms with van der Waals surface area (Å²) in [5.41, 5.74) is 0. The van der Waals surface area contributed by atoms with Gasteiger partial charge in [-0.05, 0) is 22.9 Å². The van der Waals surface area contributed by atoms with E-state index in [0.717, 1.165) is 5.03 Å². The van der Waals surface area contributed by atoms with Gasteiger partial charge in [-0.3, -0.25) is 14.4 Å². The van der Waals surface area contributed by atoms with Gasteiger partial charge in [-0.2, -0.15) is 0 Å². The zero-order valence-corrected chi connectivity index (χ0v) is 12.6. The third-order valence-electron chi connectivity index (χ3n) is 1.73. The van der Waals surface area contributed by atoms with Gasteiger partial charge in [0, 0.05) is 11.9 Å². The van der Waals surface area contributed by atoms with Gasteiger partial charge < -0.3 is 15.3 Å². The topological polar surface area (TPSA) is 125 Å². The summed E-state index contributed by atoms with van der Waals surface area (Å²) in [6.45, 7) is 0. The Bertz CT molecular complexity index is 440. The highest BCUT2D eigenvalue weighted by Gasteiger charge is 2.00. The molecule has 0 aliphatic carbocycles. The summed E-state index contributed by atoms with van der Waals surface area (Å²) in [6, 6.07) is 5.66. The first kappa shape index (κ1) is 19.3. The van der Waals surface area contributed by atoms with Gasteiger partial charge in [0.05, 0.1) is 19.3 Å². The van der Waals surface area contributed by atoms with Crippen LogP contribution in [0.4, 0.5) is 0 Å². The van der Waals surface area contributed by atoms with Crippen LogP contribution in [0.1, 0.15) is 19.3 Å². The number of carboxylic acids is 3. The SMILES string of the molecule is O=C(O)CCC(=O)O.O=C(O)CCSSc1ccccn1. The molecule has 0 aliphatic rings. The summed E-state index contributed by atoms with van der Waals surface area (Å²) in [6.07, 6.45) is 1.33. The van der Waals surface area contributed by atoms with Crippen molar-refractivity contribution < 1.29 is 29.7 Å². The van der Waals surface area contributed by atoms with Crippen LogP contribution >= 0.6 is 21.6 Å². The van der Waals surface area contributed by atoms with Gasteiger partial charge in [0.25, 0.3) is 0 Å². The molecule has 0 radical (unpaired) electrons. The third-order valence-corrected chi connectivity index (χ3v) is 4.00.